The van der Waals surface area contributed by atoms with Crippen LogP contribution in [0.3, 0.4) is 0 Å². The highest BCUT2D eigenvalue weighted by Gasteiger charge is 2.22. The Hall–Kier alpha value is -4.67. The summed E-state index contributed by atoms with van der Waals surface area (Å²) in [6, 6.07) is 44.9. The van der Waals surface area contributed by atoms with Crippen molar-refractivity contribution in [2.75, 3.05) is 17.7 Å². The van der Waals surface area contributed by atoms with Crippen LogP contribution in [-0.2, 0) is 21.7 Å². The second-order valence-corrected chi connectivity index (χ2v) is 37.5. The molecular formula is C62H81BrN4Si2. The first-order valence-corrected chi connectivity index (χ1v) is 33.1. The van der Waals surface area contributed by atoms with Crippen LogP contribution < -0.4 is 11.1 Å². The molecule has 0 unspecified atom stereocenters. The van der Waals surface area contributed by atoms with Crippen LogP contribution in [0.5, 0.6) is 0 Å². The predicted octanol–water partition coefficient (Wildman–Crippen LogP) is 18.2. The fourth-order valence-corrected chi connectivity index (χ4v) is 9.29. The minimum Gasteiger partial charge on any atom is -0.373 e. The number of rotatable bonds is 6. The standard InChI is InChI=1S/C31H40N2Si.C27H28BrN.C4H13NSi/c1-30(2,3)23-15-16-25-22(18-23)17-21-13-14-24(31(4,5)6)19-26(21)29(25)27-11-10-12-28(33-27)32-20-34(7,8)9;1-26(2,3)19-12-13-21-18(15-19)14-17-10-11-20(27(4,5)6)16-22(17)25(21)23-8-7-9-24(28)29-23;1-6(2,3)4-5/h10-19H,20H2,1-9H3,(H,32,33);7-16H,1-6H3;4-5H2,1-3H3. The maximum Gasteiger partial charge on any atom is 0.126 e. The molecule has 364 valence electrons. The molecule has 8 aromatic rings. The maximum absolute atomic E-state index is 5.37. The molecule has 6 aromatic carbocycles. The fraction of sp³-hybridized carbons (Fsp3) is 0.387. The molecule has 8 rings (SSSR count). The van der Waals surface area contributed by atoms with Crippen LogP contribution in [0, 0.1) is 0 Å². The Bertz CT molecular complexity index is 3110. The van der Waals surface area contributed by atoms with Crippen molar-refractivity contribution in [2.24, 2.45) is 5.73 Å². The van der Waals surface area contributed by atoms with Gasteiger partial charge in [-0.1, -0.05) is 195 Å². The fourth-order valence-electron chi connectivity index (χ4n) is 8.24. The van der Waals surface area contributed by atoms with Crippen LogP contribution >= 0.6 is 15.9 Å². The molecule has 0 spiro atoms. The van der Waals surface area contributed by atoms with Crippen LogP contribution in [0.4, 0.5) is 5.82 Å². The zero-order chi connectivity index (χ0) is 51.1. The van der Waals surface area contributed by atoms with Crippen molar-refractivity contribution in [1.82, 2.24) is 9.97 Å². The van der Waals surface area contributed by atoms with E-state index in [1.54, 1.807) is 0 Å². The average molecular weight is 1020 g/mol. The number of halogens is 1. The number of fused-ring (bicyclic) bond motifs is 4. The first-order chi connectivity index (χ1) is 31.8. The van der Waals surface area contributed by atoms with Crippen molar-refractivity contribution in [3.8, 4) is 22.5 Å². The summed E-state index contributed by atoms with van der Waals surface area (Å²) in [4.78, 5) is 9.94. The van der Waals surface area contributed by atoms with Crippen molar-refractivity contribution in [3.63, 3.8) is 0 Å². The molecule has 2 heterocycles. The monoisotopic (exact) mass is 1020 g/mol. The highest BCUT2D eigenvalue weighted by Crippen LogP contribution is 2.42. The van der Waals surface area contributed by atoms with Gasteiger partial charge in [-0.2, -0.15) is 0 Å². The van der Waals surface area contributed by atoms with E-state index in [9.17, 15) is 0 Å². The molecule has 0 radical (unpaired) electrons. The van der Waals surface area contributed by atoms with E-state index in [0.717, 1.165) is 34.1 Å². The normalized spacial score (nSPS) is 12.8. The van der Waals surface area contributed by atoms with Gasteiger partial charge in [0, 0.05) is 17.3 Å². The second kappa shape index (κ2) is 20.2. The summed E-state index contributed by atoms with van der Waals surface area (Å²) < 4.78 is 0.860. The van der Waals surface area contributed by atoms with Gasteiger partial charge >= 0.3 is 0 Å². The van der Waals surface area contributed by atoms with Crippen LogP contribution in [0.15, 0.2) is 126 Å². The van der Waals surface area contributed by atoms with E-state index in [1.165, 1.54) is 76.5 Å². The minimum absolute atomic E-state index is 0.0880. The van der Waals surface area contributed by atoms with Crippen molar-refractivity contribution in [1.29, 1.82) is 0 Å². The lowest BCUT2D eigenvalue weighted by atomic mass is 9.82. The zero-order valence-electron chi connectivity index (χ0n) is 45.3. The van der Waals surface area contributed by atoms with Gasteiger partial charge in [-0.25, -0.2) is 9.97 Å². The van der Waals surface area contributed by atoms with E-state index in [-0.39, 0.29) is 21.7 Å². The van der Waals surface area contributed by atoms with E-state index in [1.807, 2.05) is 6.07 Å². The van der Waals surface area contributed by atoms with Crippen LogP contribution in [0.1, 0.15) is 105 Å². The van der Waals surface area contributed by atoms with Gasteiger partial charge in [0.1, 0.15) is 10.4 Å². The van der Waals surface area contributed by atoms with Crippen LogP contribution in [0.2, 0.25) is 39.3 Å². The topological polar surface area (TPSA) is 63.8 Å². The SMILES string of the molecule is CC(C)(C)c1ccc2c(-c3cccc(Br)n3)c3cc(C(C)(C)C)ccc3cc2c1.CC(C)(C)c1ccc2c(-c3cccc(NC[Si](C)(C)C)n3)c3cc(C(C)(C)C)ccc3cc2c1.C[Si](C)(C)CN. The second-order valence-electron chi connectivity index (χ2n) is 25.7. The number of hydrogen-bond acceptors (Lipinski definition) is 4. The summed E-state index contributed by atoms with van der Waals surface area (Å²) in [6.07, 6.45) is 1.93. The van der Waals surface area contributed by atoms with Crippen LogP contribution in [0.25, 0.3) is 65.6 Å². The molecule has 0 aliphatic heterocycles. The molecule has 0 atom stereocenters. The molecule has 7 heteroatoms. The molecule has 0 saturated heterocycles. The third-order valence-electron chi connectivity index (χ3n) is 12.8. The van der Waals surface area contributed by atoms with E-state index < -0.39 is 16.1 Å². The lowest BCUT2D eigenvalue weighted by Gasteiger charge is -2.23. The van der Waals surface area contributed by atoms with E-state index in [4.69, 9.17) is 15.7 Å². The Morgan fingerprint density at radius 1 is 0.435 bits per heavy atom. The number of anilines is 1. The summed E-state index contributed by atoms with van der Waals surface area (Å²) >= 11 is 3.56. The highest BCUT2D eigenvalue weighted by atomic mass is 79.9. The minimum atomic E-state index is -1.23. The average Bonchev–Trinajstić information content (AvgIpc) is 3.24. The van der Waals surface area contributed by atoms with Crippen molar-refractivity contribution < 1.29 is 0 Å². The van der Waals surface area contributed by atoms with Gasteiger partial charge in [-0.05, 0) is 158 Å². The van der Waals surface area contributed by atoms with Gasteiger partial charge in [0.2, 0.25) is 0 Å². The largest absolute Gasteiger partial charge is 0.373 e. The molecule has 0 saturated carbocycles. The smallest absolute Gasteiger partial charge is 0.126 e. The molecule has 0 aliphatic rings. The summed E-state index contributed by atoms with van der Waals surface area (Å²) in [5.74, 6) is 0.961. The van der Waals surface area contributed by atoms with E-state index in [0.29, 0.717) is 0 Å². The van der Waals surface area contributed by atoms with Crippen molar-refractivity contribution >= 4 is 81.0 Å². The number of nitrogens with zero attached hydrogens (tertiary/aromatic N) is 2. The molecule has 2 aromatic heterocycles. The van der Waals surface area contributed by atoms with Crippen molar-refractivity contribution in [3.05, 3.63) is 148 Å². The van der Waals surface area contributed by atoms with Gasteiger partial charge < -0.3 is 11.1 Å². The summed E-state index contributed by atoms with van der Waals surface area (Å²) in [7, 11) is -2.08. The number of benzene rings is 6. The Morgan fingerprint density at radius 2 is 0.812 bits per heavy atom. The van der Waals surface area contributed by atoms with Gasteiger partial charge in [0.05, 0.1) is 27.5 Å². The van der Waals surface area contributed by atoms with Crippen molar-refractivity contribution in [2.45, 2.75) is 144 Å². The Balaban J connectivity index is 0.000000205. The molecule has 0 fully saturated rings. The molecule has 4 nitrogen and oxygen atoms in total. The Morgan fingerprint density at radius 3 is 1.19 bits per heavy atom. The maximum atomic E-state index is 5.37. The number of aromatic nitrogens is 2. The van der Waals surface area contributed by atoms with Gasteiger partial charge in [-0.3, -0.25) is 0 Å². The number of hydrogen-bond donors (Lipinski definition) is 2. The summed E-state index contributed by atoms with van der Waals surface area (Å²) in [6.45, 7) is 41.2. The zero-order valence-corrected chi connectivity index (χ0v) is 48.9. The summed E-state index contributed by atoms with van der Waals surface area (Å²) in [5.41, 5.74) is 15.7. The number of nitrogens with one attached hydrogen (secondary N) is 1. The first-order valence-electron chi connectivity index (χ1n) is 24.9. The molecule has 0 amide bonds. The van der Waals surface area contributed by atoms with E-state index >= 15 is 0 Å². The molecule has 3 N–H and O–H groups in total. The Kier molecular flexibility index (Phi) is 15.7. The highest BCUT2D eigenvalue weighted by molar-refractivity contribution is 9.10. The van der Waals surface area contributed by atoms with Gasteiger partial charge in [0.15, 0.2) is 0 Å². The first kappa shape index (κ1) is 53.7. The molecule has 69 heavy (non-hydrogen) atoms. The van der Waals surface area contributed by atoms with Gasteiger partial charge in [-0.15, -0.1) is 0 Å². The number of pyridine rings is 2. The van der Waals surface area contributed by atoms with Gasteiger partial charge in [0.25, 0.3) is 0 Å². The molecule has 0 aliphatic carbocycles. The quantitative estimate of drug-likeness (QED) is 0.0990. The third kappa shape index (κ3) is 13.6. The third-order valence-corrected chi connectivity index (χ3v) is 15.7. The van der Waals surface area contributed by atoms with Crippen LogP contribution in [-0.4, -0.2) is 38.5 Å². The van der Waals surface area contributed by atoms with E-state index in [2.05, 4.69) is 259 Å². The molecular weight excluding hydrogens is 937 g/mol. The predicted molar refractivity (Wildman–Crippen MR) is 316 cm³/mol. The Labute approximate surface area is 426 Å². The molecule has 0 bridgehead atoms. The lowest BCUT2D eigenvalue weighted by Crippen LogP contribution is -2.31. The summed E-state index contributed by atoms with van der Waals surface area (Å²) in [5, 5.41) is 13.7. The number of nitrogens with two attached hydrogens (primary N) is 1. The lowest BCUT2D eigenvalue weighted by molar-refractivity contribution is 0.590.